The van der Waals surface area contributed by atoms with Crippen molar-refractivity contribution in [2.24, 2.45) is 10.9 Å². The molecule has 1 rings (SSSR count). The molecule has 0 aromatic heterocycles. The van der Waals surface area contributed by atoms with Gasteiger partial charge >= 0.3 is 0 Å². The predicted molar refractivity (Wildman–Crippen MR) is 63.6 cm³/mol. The minimum Gasteiger partial charge on any atom is -0.409 e. The molecule has 1 aliphatic rings. The predicted octanol–water partition coefficient (Wildman–Crippen LogP) is 0.750. The molecule has 0 amide bonds. The molecule has 5 nitrogen and oxygen atoms in total. The van der Waals surface area contributed by atoms with Crippen LogP contribution in [0.1, 0.15) is 38.5 Å². The maximum absolute atomic E-state index is 10.2. The van der Waals surface area contributed by atoms with Crippen molar-refractivity contribution in [3.8, 4) is 0 Å². The highest BCUT2D eigenvalue weighted by atomic mass is 16.4. The van der Waals surface area contributed by atoms with Crippen molar-refractivity contribution in [3.05, 3.63) is 0 Å². The zero-order valence-corrected chi connectivity index (χ0v) is 10.0. The number of hydrogen-bond donors (Lipinski definition) is 3. The van der Waals surface area contributed by atoms with E-state index in [1.165, 1.54) is 0 Å². The number of likely N-dealkylation sites (N-methyl/N-ethyl adjacent to an activating group) is 1. The Kier molecular flexibility index (Phi) is 5.02. The summed E-state index contributed by atoms with van der Waals surface area (Å²) in [5.74, 6) is 0.271. The highest BCUT2D eigenvalue weighted by Crippen LogP contribution is 2.29. The van der Waals surface area contributed by atoms with Crippen LogP contribution in [-0.4, -0.2) is 46.8 Å². The molecule has 94 valence electrons. The molecule has 0 heterocycles. The van der Waals surface area contributed by atoms with Crippen molar-refractivity contribution in [1.82, 2.24) is 4.90 Å². The van der Waals surface area contributed by atoms with Crippen LogP contribution in [0.4, 0.5) is 0 Å². The van der Waals surface area contributed by atoms with Gasteiger partial charge < -0.3 is 20.9 Å². The van der Waals surface area contributed by atoms with E-state index in [1.807, 2.05) is 7.05 Å². The number of nitrogens with two attached hydrogens (primary N) is 1. The number of amidine groups is 1. The fourth-order valence-electron chi connectivity index (χ4n) is 2.35. The molecule has 0 radical (unpaired) electrons. The minimum atomic E-state index is -0.481. The lowest BCUT2D eigenvalue weighted by Crippen LogP contribution is -2.39. The van der Waals surface area contributed by atoms with Crippen molar-refractivity contribution in [2.75, 3.05) is 20.1 Å². The van der Waals surface area contributed by atoms with Crippen LogP contribution in [0.25, 0.3) is 0 Å². The van der Waals surface area contributed by atoms with E-state index in [0.29, 0.717) is 6.42 Å². The van der Waals surface area contributed by atoms with Crippen molar-refractivity contribution in [2.45, 2.75) is 44.1 Å². The van der Waals surface area contributed by atoms with E-state index in [-0.39, 0.29) is 5.84 Å². The Bertz CT molecular complexity index is 237. The minimum absolute atomic E-state index is 0.271. The molecule has 0 saturated heterocycles. The molecule has 1 aliphatic carbocycles. The van der Waals surface area contributed by atoms with E-state index in [9.17, 15) is 5.11 Å². The Morgan fingerprint density at radius 1 is 1.44 bits per heavy atom. The first-order chi connectivity index (χ1) is 7.56. The lowest BCUT2D eigenvalue weighted by Gasteiger charge is -2.28. The Labute approximate surface area is 96.9 Å². The molecule has 1 fully saturated rings. The van der Waals surface area contributed by atoms with Crippen LogP contribution in [0.2, 0.25) is 0 Å². The second-order valence-electron chi connectivity index (χ2n) is 4.86. The van der Waals surface area contributed by atoms with Gasteiger partial charge in [0.15, 0.2) is 0 Å². The molecule has 0 aromatic carbocycles. The summed E-state index contributed by atoms with van der Waals surface area (Å²) in [4.78, 5) is 2.12. The Hall–Kier alpha value is -0.810. The van der Waals surface area contributed by atoms with Gasteiger partial charge in [-0.15, -0.1) is 0 Å². The lowest BCUT2D eigenvalue weighted by atomic mass is 10.0. The van der Waals surface area contributed by atoms with Crippen LogP contribution in [0.5, 0.6) is 0 Å². The van der Waals surface area contributed by atoms with Crippen molar-refractivity contribution in [1.29, 1.82) is 0 Å². The highest BCUT2D eigenvalue weighted by Gasteiger charge is 2.31. The number of aliphatic hydroxyl groups is 1. The Morgan fingerprint density at radius 3 is 2.62 bits per heavy atom. The number of hydrogen-bond acceptors (Lipinski definition) is 4. The van der Waals surface area contributed by atoms with Crippen LogP contribution >= 0.6 is 0 Å². The van der Waals surface area contributed by atoms with Crippen LogP contribution in [0, 0.1) is 0 Å². The van der Waals surface area contributed by atoms with Gasteiger partial charge in [-0.3, -0.25) is 0 Å². The standard InChI is InChI=1S/C11H23N3O2/c1-14(8-4-5-10(12)13-16)9-11(15)6-2-3-7-11/h15-16H,2-9H2,1H3,(H2,12,13). The second-order valence-corrected chi connectivity index (χ2v) is 4.86. The maximum atomic E-state index is 10.2. The highest BCUT2D eigenvalue weighted by molar-refractivity contribution is 5.79. The van der Waals surface area contributed by atoms with Gasteiger partial charge in [0.25, 0.3) is 0 Å². The molecule has 4 N–H and O–H groups in total. The number of rotatable bonds is 6. The first-order valence-electron chi connectivity index (χ1n) is 5.93. The summed E-state index contributed by atoms with van der Waals surface area (Å²) in [5.41, 5.74) is 4.90. The molecule has 16 heavy (non-hydrogen) atoms. The van der Waals surface area contributed by atoms with Crippen LogP contribution in [-0.2, 0) is 0 Å². The third-order valence-corrected chi connectivity index (χ3v) is 3.20. The summed E-state index contributed by atoms with van der Waals surface area (Å²) >= 11 is 0. The summed E-state index contributed by atoms with van der Waals surface area (Å²) in [7, 11) is 2.00. The molecule has 0 aliphatic heterocycles. The molecular weight excluding hydrogens is 206 g/mol. The molecular formula is C11H23N3O2. The van der Waals surface area contributed by atoms with E-state index in [1.54, 1.807) is 0 Å². The Balaban J connectivity index is 2.17. The van der Waals surface area contributed by atoms with Crippen molar-refractivity contribution < 1.29 is 10.3 Å². The SMILES string of the molecule is CN(CCCC(N)=NO)CC1(O)CCCC1. The Morgan fingerprint density at radius 2 is 2.06 bits per heavy atom. The molecule has 0 aromatic rings. The molecule has 5 heteroatoms. The van der Waals surface area contributed by atoms with Gasteiger partial charge in [-0.1, -0.05) is 18.0 Å². The van der Waals surface area contributed by atoms with E-state index < -0.39 is 5.60 Å². The van der Waals surface area contributed by atoms with Gasteiger partial charge in [-0.05, 0) is 32.9 Å². The van der Waals surface area contributed by atoms with E-state index in [2.05, 4.69) is 10.1 Å². The third-order valence-electron chi connectivity index (χ3n) is 3.20. The summed E-state index contributed by atoms with van der Waals surface area (Å²) in [5, 5.41) is 21.5. The van der Waals surface area contributed by atoms with Crippen molar-refractivity contribution >= 4 is 5.84 Å². The summed E-state index contributed by atoms with van der Waals surface area (Å²) in [6.45, 7) is 1.59. The van der Waals surface area contributed by atoms with Gasteiger partial charge in [-0.25, -0.2) is 0 Å². The molecule has 1 saturated carbocycles. The van der Waals surface area contributed by atoms with E-state index in [0.717, 1.165) is 45.2 Å². The van der Waals surface area contributed by atoms with Gasteiger partial charge in [0.05, 0.1) is 5.60 Å². The van der Waals surface area contributed by atoms with Gasteiger partial charge in [0.1, 0.15) is 5.84 Å². The average molecular weight is 229 g/mol. The zero-order chi connectivity index (χ0) is 12.0. The van der Waals surface area contributed by atoms with Gasteiger partial charge in [-0.2, -0.15) is 0 Å². The van der Waals surface area contributed by atoms with Crippen LogP contribution in [0.15, 0.2) is 5.16 Å². The van der Waals surface area contributed by atoms with E-state index >= 15 is 0 Å². The maximum Gasteiger partial charge on any atom is 0.139 e. The topological polar surface area (TPSA) is 82.1 Å². The first-order valence-corrected chi connectivity index (χ1v) is 5.93. The fourth-order valence-corrected chi connectivity index (χ4v) is 2.35. The van der Waals surface area contributed by atoms with Crippen LogP contribution < -0.4 is 5.73 Å². The molecule has 0 atom stereocenters. The van der Waals surface area contributed by atoms with Gasteiger partial charge in [0, 0.05) is 13.0 Å². The zero-order valence-electron chi connectivity index (χ0n) is 10.0. The second kappa shape index (κ2) is 6.06. The molecule has 0 spiro atoms. The smallest absolute Gasteiger partial charge is 0.139 e. The average Bonchev–Trinajstić information content (AvgIpc) is 2.64. The number of oxime groups is 1. The largest absolute Gasteiger partial charge is 0.409 e. The molecule has 0 unspecified atom stereocenters. The number of nitrogens with zero attached hydrogens (tertiary/aromatic N) is 2. The first kappa shape index (κ1) is 13.3. The van der Waals surface area contributed by atoms with Crippen molar-refractivity contribution in [3.63, 3.8) is 0 Å². The monoisotopic (exact) mass is 229 g/mol. The fraction of sp³-hybridized carbons (Fsp3) is 0.909. The van der Waals surface area contributed by atoms with Crippen LogP contribution in [0.3, 0.4) is 0 Å². The summed E-state index contributed by atoms with van der Waals surface area (Å²) < 4.78 is 0. The summed E-state index contributed by atoms with van der Waals surface area (Å²) in [6.07, 6.45) is 5.54. The quantitative estimate of drug-likeness (QED) is 0.272. The normalized spacial score (nSPS) is 20.6. The van der Waals surface area contributed by atoms with Gasteiger partial charge in [0.2, 0.25) is 0 Å². The lowest BCUT2D eigenvalue weighted by molar-refractivity contribution is 0.0163. The summed E-state index contributed by atoms with van der Waals surface area (Å²) in [6, 6.07) is 0. The third kappa shape index (κ3) is 4.37. The molecule has 0 bridgehead atoms. The van der Waals surface area contributed by atoms with E-state index in [4.69, 9.17) is 10.9 Å².